The Labute approximate surface area is 179 Å². The zero-order chi connectivity index (χ0) is 21.4. The standard InChI is InChI=1S/C23H30N2O4S/c1-19-11-12-21(30(27,28)25-14-6-3-7-15-25)17-22(19)23(26)24-13-8-16-29-18-20-9-4-2-5-10-20/h2,4-5,9-12,17H,3,6-8,13-16,18H2,1H3,(H,24,26). The summed E-state index contributed by atoms with van der Waals surface area (Å²) in [5.41, 5.74) is 2.27. The summed E-state index contributed by atoms with van der Waals surface area (Å²) in [4.78, 5) is 12.8. The van der Waals surface area contributed by atoms with E-state index in [0.717, 1.165) is 30.4 Å². The molecular weight excluding hydrogens is 400 g/mol. The monoisotopic (exact) mass is 430 g/mol. The lowest BCUT2D eigenvalue weighted by Gasteiger charge is -2.26. The second-order valence-electron chi connectivity index (χ2n) is 7.59. The molecule has 1 aliphatic heterocycles. The smallest absolute Gasteiger partial charge is 0.251 e. The van der Waals surface area contributed by atoms with Crippen LogP contribution >= 0.6 is 0 Å². The van der Waals surface area contributed by atoms with Crippen LogP contribution in [0.2, 0.25) is 0 Å². The van der Waals surface area contributed by atoms with Crippen molar-refractivity contribution in [2.24, 2.45) is 0 Å². The van der Waals surface area contributed by atoms with E-state index >= 15 is 0 Å². The fraction of sp³-hybridized carbons (Fsp3) is 0.435. The first-order chi connectivity index (χ1) is 14.5. The number of amides is 1. The third-order valence-electron chi connectivity index (χ3n) is 5.27. The highest BCUT2D eigenvalue weighted by Crippen LogP contribution is 2.22. The van der Waals surface area contributed by atoms with Crippen molar-refractivity contribution in [1.82, 2.24) is 9.62 Å². The van der Waals surface area contributed by atoms with Crippen LogP contribution in [0.5, 0.6) is 0 Å². The van der Waals surface area contributed by atoms with E-state index in [9.17, 15) is 13.2 Å². The summed E-state index contributed by atoms with van der Waals surface area (Å²) >= 11 is 0. The third kappa shape index (κ3) is 5.90. The Morgan fingerprint density at radius 2 is 1.80 bits per heavy atom. The number of sulfonamides is 1. The fourth-order valence-electron chi connectivity index (χ4n) is 3.50. The van der Waals surface area contributed by atoms with Gasteiger partial charge in [0.1, 0.15) is 0 Å². The number of aryl methyl sites for hydroxylation is 1. The topological polar surface area (TPSA) is 75.7 Å². The lowest BCUT2D eigenvalue weighted by molar-refractivity contribution is 0.0933. The first-order valence-corrected chi connectivity index (χ1v) is 11.9. The number of nitrogens with one attached hydrogen (secondary N) is 1. The van der Waals surface area contributed by atoms with Crippen molar-refractivity contribution in [1.29, 1.82) is 0 Å². The second kappa shape index (κ2) is 10.7. The molecule has 1 amide bonds. The van der Waals surface area contributed by atoms with Gasteiger partial charge in [-0.05, 0) is 49.4 Å². The van der Waals surface area contributed by atoms with Gasteiger partial charge in [0.2, 0.25) is 10.0 Å². The van der Waals surface area contributed by atoms with Crippen LogP contribution in [0.1, 0.15) is 47.2 Å². The van der Waals surface area contributed by atoms with Gasteiger partial charge in [-0.1, -0.05) is 42.8 Å². The molecule has 0 saturated carbocycles. The molecule has 30 heavy (non-hydrogen) atoms. The quantitative estimate of drug-likeness (QED) is 0.618. The van der Waals surface area contributed by atoms with Crippen LogP contribution in [0.3, 0.4) is 0 Å². The molecule has 1 aliphatic rings. The SMILES string of the molecule is Cc1ccc(S(=O)(=O)N2CCCCC2)cc1C(=O)NCCCOCc1ccccc1. The van der Waals surface area contributed by atoms with E-state index in [2.05, 4.69) is 5.32 Å². The molecule has 2 aromatic rings. The van der Waals surface area contributed by atoms with Gasteiger partial charge in [-0.2, -0.15) is 4.31 Å². The maximum Gasteiger partial charge on any atom is 0.251 e. The minimum absolute atomic E-state index is 0.186. The van der Waals surface area contributed by atoms with Crippen molar-refractivity contribution in [2.75, 3.05) is 26.2 Å². The van der Waals surface area contributed by atoms with Crippen LogP contribution in [0.4, 0.5) is 0 Å². The molecule has 0 aliphatic carbocycles. The van der Waals surface area contributed by atoms with Crippen LogP contribution in [0.15, 0.2) is 53.4 Å². The summed E-state index contributed by atoms with van der Waals surface area (Å²) in [6.45, 7) is 4.45. The molecular formula is C23H30N2O4S. The van der Waals surface area contributed by atoms with E-state index in [1.54, 1.807) is 12.1 Å². The molecule has 0 radical (unpaired) electrons. The van der Waals surface area contributed by atoms with Crippen LogP contribution in [-0.2, 0) is 21.4 Å². The average molecular weight is 431 g/mol. The average Bonchev–Trinajstić information content (AvgIpc) is 2.77. The number of ether oxygens (including phenoxy) is 1. The van der Waals surface area contributed by atoms with Crippen LogP contribution in [-0.4, -0.2) is 44.9 Å². The molecule has 2 aromatic carbocycles. The predicted octanol–water partition coefficient (Wildman–Crippen LogP) is 3.51. The summed E-state index contributed by atoms with van der Waals surface area (Å²) in [7, 11) is -3.56. The Kier molecular flexibility index (Phi) is 8.01. The number of hydrogen-bond acceptors (Lipinski definition) is 4. The number of carbonyl (C=O) groups is 1. The summed E-state index contributed by atoms with van der Waals surface area (Å²) < 4.78 is 32.9. The van der Waals surface area contributed by atoms with Crippen molar-refractivity contribution in [3.8, 4) is 0 Å². The van der Waals surface area contributed by atoms with E-state index in [-0.39, 0.29) is 10.8 Å². The van der Waals surface area contributed by atoms with Gasteiger partial charge in [-0.15, -0.1) is 0 Å². The van der Waals surface area contributed by atoms with Crippen LogP contribution in [0, 0.1) is 6.92 Å². The molecule has 1 fully saturated rings. The third-order valence-corrected chi connectivity index (χ3v) is 7.16. The first-order valence-electron chi connectivity index (χ1n) is 10.5. The zero-order valence-electron chi connectivity index (χ0n) is 17.5. The van der Waals surface area contributed by atoms with Crippen LogP contribution in [0.25, 0.3) is 0 Å². The van der Waals surface area contributed by atoms with Crippen molar-refractivity contribution < 1.29 is 17.9 Å². The molecule has 0 aromatic heterocycles. The van der Waals surface area contributed by atoms with Gasteiger partial charge >= 0.3 is 0 Å². The number of hydrogen-bond donors (Lipinski definition) is 1. The maximum absolute atomic E-state index is 12.9. The minimum atomic E-state index is -3.56. The van der Waals surface area contributed by atoms with Crippen LogP contribution < -0.4 is 5.32 Å². The largest absolute Gasteiger partial charge is 0.377 e. The molecule has 3 rings (SSSR count). The maximum atomic E-state index is 12.9. The Hall–Kier alpha value is -2.22. The molecule has 7 heteroatoms. The van der Waals surface area contributed by atoms with Gasteiger partial charge in [0.25, 0.3) is 5.91 Å². The van der Waals surface area contributed by atoms with Gasteiger partial charge in [0, 0.05) is 31.8 Å². The summed E-state index contributed by atoms with van der Waals surface area (Å²) in [6.07, 6.45) is 3.50. The zero-order valence-corrected chi connectivity index (χ0v) is 18.3. The molecule has 0 bridgehead atoms. The molecule has 6 nitrogen and oxygen atoms in total. The number of benzene rings is 2. The van der Waals surface area contributed by atoms with Crippen molar-refractivity contribution >= 4 is 15.9 Å². The molecule has 1 N–H and O–H groups in total. The van der Waals surface area contributed by atoms with Gasteiger partial charge in [-0.3, -0.25) is 4.79 Å². The lowest BCUT2D eigenvalue weighted by atomic mass is 10.1. The fourth-order valence-corrected chi connectivity index (χ4v) is 5.04. The van der Waals surface area contributed by atoms with E-state index in [1.807, 2.05) is 37.3 Å². The summed E-state index contributed by atoms with van der Waals surface area (Å²) in [5.74, 6) is -0.258. The van der Waals surface area contributed by atoms with E-state index < -0.39 is 10.0 Å². The van der Waals surface area contributed by atoms with Gasteiger partial charge in [-0.25, -0.2) is 8.42 Å². The van der Waals surface area contributed by atoms with Crippen molar-refractivity contribution in [2.45, 2.75) is 44.1 Å². The Balaban J connectivity index is 1.52. The molecule has 1 heterocycles. The Morgan fingerprint density at radius 3 is 2.53 bits per heavy atom. The van der Waals surface area contributed by atoms with E-state index in [0.29, 0.717) is 44.8 Å². The molecule has 0 spiro atoms. The summed E-state index contributed by atoms with van der Waals surface area (Å²) in [5, 5.41) is 2.87. The highest BCUT2D eigenvalue weighted by Gasteiger charge is 2.27. The first kappa shape index (κ1) is 22.5. The number of carbonyl (C=O) groups excluding carboxylic acids is 1. The Bertz CT molecular complexity index is 939. The normalized spacial score (nSPS) is 15.1. The number of rotatable bonds is 9. The number of piperidine rings is 1. The number of nitrogens with zero attached hydrogens (tertiary/aromatic N) is 1. The predicted molar refractivity (Wildman–Crippen MR) is 117 cm³/mol. The highest BCUT2D eigenvalue weighted by molar-refractivity contribution is 7.89. The van der Waals surface area contributed by atoms with E-state index in [4.69, 9.17) is 4.74 Å². The van der Waals surface area contributed by atoms with Crippen molar-refractivity contribution in [3.63, 3.8) is 0 Å². The van der Waals surface area contributed by atoms with Gasteiger partial charge in [0.15, 0.2) is 0 Å². The second-order valence-corrected chi connectivity index (χ2v) is 9.53. The lowest BCUT2D eigenvalue weighted by Crippen LogP contribution is -2.35. The molecule has 1 saturated heterocycles. The molecule has 0 atom stereocenters. The van der Waals surface area contributed by atoms with Gasteiger partial charge in [0.05, 0.1) is 11.5 Å². The Morgan fingerprint density at radius 1 is 1.07 bits per heavy atom. The van der Waals surface area contributed by atoms with E-state index in [1.165, 1.54) is 10.4 Å². The van der Waals surface area contributed by atoms with Crippen molar-refractivity contribution in [3.05, 3.63) is 65.2 Å². The highest BCUT2D eigenvalue weighted by atomic mass is 32.2. The molecule has 0 unspecified atom stereocenters. The summed E-state index contributed by atoms with van der Waals surface area (Å²) in [6, 6.07) is 14.7. The minimum Gasteiger partial charge on any atom is -0.377 e. The van der Waals surface area contributed by atoms with Gasteiger partial charge < -0.3 is 10.1 Å². The molecule has 162 valence electrons.